The zero-order chi connectivity index (χ0) is 13.2. The number of carbonyl (C=O) groups is 1. The van der Waals surface area contributed by atoms with E-state index in [1.807, 2.05) is 0 Å². The number of pyridine rings is 1. The number of likely N-dealkylation sites (N-methyl/N-ethyl adjacent to an activating group) is 1. The molecule has 5 nitrogen and oxygen atoms in total. The average molecular weight is 249 g/mol. The molecule has 18 heavy (non-hydrogen) atoms. The van der Waals surface area contributed by atoms with Gasteiger partial charge < -0.3 is 15.3 Å². The van der Waals surface area contributed by atoms with Crippen LogP contribution in [0.4, 0.5) is 5.69 Å². The Morgan fingerprint density at radius 1 is 1.56 bits per heavy atom. The maximum Gasteiger partial charge on any atom is 0.354 e. The minimum absolute atomic E-state index is 0.0764. The molecule has 0 radical (unpaired) electrons. The lowest BCUT2D eigenvalue weighted by Crippen LogP contribution is -2.54. The van der Waals surface area contributed by atoms with Gasteiger partial charge in [0, 0.05) is 24.0 Å². The Morgan fingerprint density at radius 3 is 2.78 bits per heavy atom. The summed E-state index contributed by atoms with van der Waals surface area (Å²) in [5.41, 5.74) is 1.11. The van der Waals surface area contributed by atoms with Gasteiger partial charge in [0.1, 0.15) is 5.69 Å². The third kappa shape index (κ3) is 2.46. The first kappa shape index (κ1) is 12.8. The molecule has 5 heteroatoms. The molecule has 1 aliphatic rings. The summed E-state index contributed by atoms with van der Waals surface area (Å²) in [6, 6.07) is 3.37. The Kier molecular flexibility index (Phi) is 3.52. The number of nitrogens with zero attached hydrogens (tertiary/aromatic N) is 2. The Labute approximate surface area is 107 Å². The standard InChI is InChI=1S/C13H19N3O2/c1-16(2)13(5-3-6-13)9-15-10-4-7-14-11(8-10)12(17)18/h4,7-8H,3,5-6,9H2,1-2H3,(H,14,15)(H,17,18). The van der Waals surface area contributed by atoms with Gasteiger partial charge in [0.05, 0.1) is 0 Å². The van der Waals surface area contributed by atoms with E-state index in [2.05, 4.69) is 29.3 Å². The fourth-order valence-electron chi connectivity index (χ4n) is 2.29. The Hall–Kier alpha value is -1.62. The van der Waals surface area contributed by atoms with Gasteiger partial charge in [-0.2, -0.15) is 0 Å². The highest BCUT2D eigenvalue weighted by molar-refractivity contribution is 5.86. The molecule has 1 aromatic rings. The van der Waals surface area contributed by atoms with Crippen LogP contribution in [0.2, 0.25) is 0 Å². The summed E-state index contributed by atoms with van der Waals surface area (Å²) < 4.78 is 0. The molecule has 1 fully saturated rings. The van der Waals surface area contributed by atoms with E-state index in [9.17, 15) is 4.79 Å². The van der Waals surface area contributed by atoms with Crippen LogP contribution in [-0.2, 0) is 0 Å². The Bertz CT molecular complexity index is 442. The van der Waals surface area contributed by atoms with Crippen LogP contribution in [0.15, 0.2) is 18.3 Å². The van der Waals surface area contributed by atoms with Gasteiger partial charge in [0.2, 0.25) is 0 Å². The highest BCUT2D eigenvalue weighted by Gasteiger charge is 2.38. The lowest BCUT2D eigenvalue weighted by atomic mass is 9.75. The van der Waals surface area contributed by atoms with E-state index in [1.54, 1.807) is 12.1 Å². The van der Waals surface area contributed by atoms with Gasteiger partial charge >= 0.3 is 5.97 Å². The van der Waals surface area contributed by atoms with Crippen molar-refractivity contribution in [3.05, 3.63) is 24.0 Å². The first-order valence-electron chi connectivity index (χ1n) is 6.14. The van der Waals surface area contributed by atoms with Gasteiger partial charge in [-0.15, -0.1) is 0 Å². The number of hydrogen-bond donors (Lipinski definition) is 2. The van der Waals surface area contributed by atoms with Gasteiger partial charge in [-0.1, -0.05) is 0 Å². The molecular formula is C13H19N3O2. The summed E-state index contributed by atoms with van der Waals surface area (Å²) >= 11 is 0. The molecule has 0 bridgehead atoms. The topological polar surface area (TPSA) is 65.5 Å². The molecule has 1 saturated carbocycles. The fourth-order valence-corrected chi connectivity index (χ4v) is 2.29. The average Bonchev–Trinajstić information content (AvgIpc) is 2.27. The van der Waals surface area contributed by atoms with E-state index >= 15 is 0 Å². The molecule has 2 N–H and O–H groups in total. The van der Waals surface area contributed by atoms with Gasteiger partial charge in [0.25, 0.3) is 0 Å². The number of hydrogen-bond acceptors (Lipinski definition) is 4. The van der Waals surface area contributed by atoms with Crippen molar-refractivity contribution < 1.29 is 9.90 Å². The van der Waals surface area contributed by atoms with Crippen molar-refractivity contribution in [2.45, 2.75) is 24.8 Å². The molecule has 1 aliphatic carbocycles. The third-order valence-electron chi connectivity index (χ3n) is 3.83. The third-order valence-corrected chi connectivity index (χ3v) is 3.83. The monoisotopic (exact) mass is 249 g/mol. The maximum absolute atomic E-state index is 10.8. The van der Waals surface area contributed by atoms with Crippen molar-refractivity contribution in [3.8, 4) is 0 Å². The Balaban J connectivity index is 2.02. The molecule has 0 unspecified atom stereocenters. The minimum Gasteiger partial charge on any atom is -0.477 e. The summed E-state index contributed by atoms with van der Waals surface area (Å²) in [6.45, 7) is 0.836. The van der Waals surface area contributed by atoms with Crippen LogP contribution in [0.3, 0.4) is 0 Å². The van der Waals surface area contributed by atoms with Crippen LogP contribution in [-0.4, -0.2) is 47.1 Å². The summed E-state index contributed by atoms with van der Waals surface area (Å²) in [5, 5.41) is 12.2. The zero-order valence-electron chi connectivity index (χ0n) is 10.8. The summed E-state index contributed by atoms with van der Waals surface area (Å²) in [5.74, 6) is -0.996. The number of rotatable bonds is 5. The van der Waals surface area contributed by atoms with Gasteiger partial charge in [0.15, 0.2) is 0 Å². The number of carboxylic acid groups (broad SMARTS) is 1. The highest BCUT2D eigenvalue weighted by atomic mass is 16.4. The van der Waals surface area contributed by atoms with Crippen LogP contribution in [0.25, 0.3) is 0 Å². The zero-order valence-corrected chi connectivity index (χ0v) is 10.8. The van der Waals surface area contributed by atoms with Gasteiger partial charge in [-0.3, -0.25) is 0 Å². The molecule has 0 aromatic carbocycles. The fraction of sp³-hybridized carbons (Fsp3) is 0.538. The highest BCUT2D eigenvalue weighted by Crippen LogP contribution is 2.36. The summed E-state index contributed by atoms with van der Waals surface area (Å²) in [6.07, 6.45) is 5.15. The van der Waals surface area contributed by atoms with E-state index in [1.165, 1.54) is 25.5 Å². The van der Waals surface area contributed by atoms with Gasteiger partial charge in [-0.05, 0) is 45.5 Å². The molecule has 2 rings (SSSR count). The van der Waals surface area contributed by atoms with Crippen LogP contribution in [0, 0.1) is 0 Å². The molecule has 98 valence electrons. The van der Waals surface area contributed by atoms with Crippen LogP contribution >= 0.6 is 0 Å². The molecule has 0 saturated heterocycles. The van der Waals surface area contributed by atoms with E-state index in [0.717, 1.165) is 12.2 Å². The van der Waals surface area contributed by atoms with Crippen LogP contribution < -0.4 is 5.32 Å². The summed E-state index contributed by atoms with van der Waals surface area (Å²) in [4.78, 5) is 16.9. The van der Waals surface area contributed by atoms with Crippen molar-refractivity contribution in [1.29, 1.82) is 0 Å². The minimum atomic E-state index is -0.996. The largest absolute Gasteiger partial charge is 0.477 e. The van der Waals surface area contributed by atoms with Crippen molar-refractivity contribution in [2.24, 2.45) is 0 Å². The molecule has 0 amide bonds. The van der Waals surface area contributed by atoms with Crippen LogP contribution in [0.1, 0.15) is 29.8 Å². The predicted molar refractivity (Wildman–Crippen MR) is 70.0 cm³/mol. The van der Waals surface area contributed by atoms with Gasteiger partial charge in [-0.25, -0.2) is 9.78 Å². The lowest BCUT2D eigenvalue weighted by Gasteiger charge is -2.47. The molecular weight excluding hydrogens is 230 g/mol. The number of carboxylic acids is 1. The van der Waals surface area contributed by atoms with Crippen LogP contribution in [0.5, 0.6) is 0 Å². The van der Waals surface area contributed by atoms with Crippen molar-refractivity contribution in [1.82, 2.24) is 9.88 Å². The molecule has 1 aromatic heterocycles. The second-order valence-electron chi connectivity index (χ2n) is 5.06. The molecule has 1 heterocycles. The van der Waals surface area contributed by atoms with E-state index in [0.29, 0.717) is 0 Å². The van der Waals surface area contributed by atoms with Crippen molar-refractivity contribution in [3.63, 3.8) is 0 Å². The van der Waals surface area contributed by atoms with Crippen molar-refractivity contribution in [2.75, 3.05) is 26.0 Å². The first-order chi connectivity index (χ1) is 8.53. The second-order valence-corrected chi connectivity index (χ2v) is 5.06. The predicted octanol–water partition coefficient (Wildman–Crippen LogP) is 1.68. The molecule has 0 aliphatic heterocycles. The number of anilines is 1. The maximum atomic E-state index is 10.8. The molecule has 0 atom stereocenters. The smallest absolute Gasteiger partial charge is 0.354 e. The Morgan fingerprint density at radius 2 is 2.28 bits per heavy atom. The molecule has 0 spiro atoms. The number of aromatic carboxylic acids is 1. The summed E-state index contributed by atoms with van der Waals surface area (Å²) in [7, 11) is 4.19. The number of nitrogens with one attached hydrogen (secondary N) is 1. The SMILES string of the molecule is CN(C)C1(CNc2ccnc(C(=O)O)c2)CCC1. The van der Waals surface area contributed by atoms with Crippen molar-refractivity contribution >= 4 is 11.7 Å². The normalized spacial score (nSPS) is 17.3. The van der Waals surface area contributed by atoms with E-state index in [-0.39, 0.29) is 11.2 Å². The lowest BCUT2D eigenvalue weighted by molar-refractivity contribution is 0.0690. The first-order valence-corrected chi connectivity index (χ1v) is 6.14. The van der Waals surface area contributed by atoms with E-state index < -0.39 is 5.97 Å². The second kappa shape index (κ2) is 4.94. The quantitative estimate of drug-likeness (QED) is 0.831. The number of aromatic nitrogens is 1. The van der Waals surface area contributed by atoms with E-state index in [4.69, 9.17) is 5.11 Å².